The quantitative estimate of drug-likeness (QED) is 0.756. The summed E-state index contributed by atoms with van der Waals surface area (Å²) >= 11 is 0. The van der Waals surface area contributed by atoms with Crippen molar-refractivity contribution in [2.24, 2.45) is 0 Å². The molecule has 4 nitrogen and oxygen atoms in total. The van der Waals surface area contributed by atoms with E-state index in [2.05, 4.69) is 5.32 Å². The number of halogens is 1. The van der Waals surface area contributed by atoms with Crippen molar-refractivity contribution < 1.29 is 14.0 Å². The van der Waals surface area contributed by atoms with Gasteiger partial charge in [-0.25, -0.2) is 9.18 Å². The molecule has 0 aliphatic heterocycles. The standard InChI is InChI=1S/C10H11FN2O2/c1-13(2)10(15)12-9-4-3-8(11)5-7(9)6-14/h3-6H,1-2H3,(H,12,15). The normalized spacial score (nSPS) is 9.53. The molecule has 80 valence electrons. The highest BCUT2D eigenvalue weighted by atomic mass is 19.1. The first kappa shape index (κ1) is 11.2. The zero-order chi connectivity index (χ0) is 11.4. The van der Waals surface area contributed by atoms with Crippen molar-refractivity contribution >= 4 is 18.0 Å². The Morgan fingerprint density at radius 3 is 2.67 bits per heavy atom. The molecular formula is C10H11FN2O2. The van der Waals surface area contributed by atoms with E-state index in [1.165, 1.54) is 17.0 Å². The molecule has 5 heteroatoms. The van der Waals surface area contributed by atoms with E-state index in [4.69, 9.17) is 0 Å². The van der Waals surface area contributed by atoms with Crippen LogP contribution >= 0.6 is 0 Å². The first-order chi connectivity index (χ1) is 7.04. The molecule has 0 fully saturated rings. The van der Waals surface area contributed by atoms with Gasteiger partial charge in [-0.1, -0.05) is 0 Å². The molecule has 0 radical (unpaired) electrons. The fourth-order valence-electron chi connectivity index (χ4n) is 0.972. The van der Waals surface area contributed by atoms with Crippen LogP contribution in [0, 0.1) is 5.82 Å². The van der Waals surface area contributed by atoms with E-state index in [0.29, 0.717) is 12.0 Å². The van der Waals surface area contributed by atoms with E-state index in [1.54, 1.807) is 14.1 Å². The smallest absolute Gasteiger partial charge is 0.321 e. The molecule has 0 bridgehead atoms. The van der Waals surface area contributed by atoms with Gasteiger partial charge in [0.2, 0.25) is 0 Å². The molecule has 0 spiro atoms. The summed E-state index contributed by atoms with van der Waals surface area (Å²) in [5.41, 5.74) is 0.412. The SMILES string of the molecule is CN(C)C(=O)Nc1ccc(F)cc1C=O. The van der Waals surface area contributed by atoms with E-state index in [1.807, 2.05) is 0 Å². The van der Waals surface area contributed by atoms with Gasteiger partial charge in [0.1, 0.15) is 5.82 Å². The number of hydrogen-bond acceptors (Lipinski definition) is 2. The molecular weight excluding hydrogens is 199 g/mol. The first-order valence-electron chi connectivity index (χ1n) is 4.27. The molecule has 0 atom stereocenters. The van der Waals surface area contributed by atoms with Crippen molar-refractivity contribution in [3.05, 3.63) is 29.6 Å². The summed E-state index contributed by atoms with van der Waals surface area (Å²) in [6.45, 7) is 0. The molecule has 0 aliphatic rings. The fraction of sp³-hybridized carbons (Fsp3) is 0.200. The van der Waals surface area contributed by atoms with Crippen molar-refractivity contribution in [2.45, 2.75) is 0 Å². The topological polar surface area (TPSA) is 49.4 Å². The Morgan fingerprint density at radius 1 is 1.47 bits per heavy atom. The van der Waals surface area contributed by atoms with Gasteiger partial charge in [0.25, 0.3) is 0 Å². The minimum Gasteiger partial charge on any atom is -0.331 e. The summed E-state index contributed by atoms with van der Waals surface area (Å²) in [7, 11) is 3.14. The van der Waals surface area contributed by atoms with Crippen molar-refractivity contribution in [1.29, 1.82) is 0 Å². The molecule has 15 heavy (non-hydrogen) atoms. The van der Waals surface area contributed by atoms with Gasteiger partial charge in [0.15, 0.2) is 6.29 Å². The lowest BCUT2D eigenvalue weighted by Gasteiger charge is -2.13. The first-order valence-corrected chi connectivity index (χ1v) is 4.27. The highest BCUT2D eigenvalue weighted by molar-refractivity contribution is 5.95. The van der Waals surface area contributed by atoms with E-state index in [9.17, 15) is 14.0 Å². The van der Waals surface area contributed by atoms with E-state index in [-0.39, 0.29) is 11.6 Å². The summed E-state index contributed by atoms with van der Waals surface area (Å²) in [6, 6.07) is 3.22. The number of rotatable bonds is 2. The van der Waals surface area contributed by atoms with Gasteiger partial charge in [-0.2, -0.15) is 0 Å². The second-order valence-corrected chi connectivity index (χ2v) is 3.17. The number of amides is 2. The highest BCUT2D eigenvalue weighted by Crippen LogP contribution is 2.15. The third-order valence-corrected chi connectivity index (χ3v) is 1.79. The average Bonchev–Trinajstić information content (AvgIpc) is 2.20. The predicted molar refractivity (Wildman–Crippen MR) is 54.5 cm³/mol. The van der Waals surface area contributed by atoms with Crippen LogP contribution in [-0.2, 0) is 0 Å². The van der Waals surface area contributed by atoms with Crippen molar-refractivity contribution in [3.8, 4) is 0 Å². The number of hydrogen-bond donors (Lipinski definition) is 1. The molecule has 1 aromatic carbocycles. The van der Waals surface area contributed by atoms with E-state index in [0.717, 1.165) is 6.07 Å². The number of carbonyl (C=O) groups excluding carboxylic acids is 2. The number of nitrogens with one attached hydrogen (secondary N) is 1. The van der Waals surface area contributed by atoms with Crippen LogP contribution in [0.3, 0.4) is 0 Å². The molecule has 0 unspecified atom stereocenters. The maximum absolute atomic E-state index is 12.7. The van der Waals surface area contributed by atoms with Crippen LogP contribution in [0.5, 0.6) is 0 Å². The van der Waals surface area contributed by atoms with Crippen LogP contribution in [0.4, 0.5) is 14.9 Å². The van der Waals surface area contributed by atoms with Crippen molar-refractivity contribution in [3.63, 3.8) is 0 Å². The Morgan fingerprint density at radius 2 is 2.13 bits per heavy atom. The lowest BCUT2D eigenvalue weighted by atomic mass is 10.2. The van der Waals surface area contributed by atoms with Crippen LogP contribution < -0.4 is 5.32 Å². The summed E-state index contributed by atoms with van der Waals surface area (Å²) in [5, 5.41) is 2.48. The minimum absolute atomic E-state index is 0.116. The van der Waals surface area contributed by atoms with Gasteiger partial charge in [-0.3, -0.25) is 4.79 Å². The fourth-order valence-corrected chi connectivity index (χ4v) is 0.972. The minimum atomic E-state index is -0.514. The summed E-state index contributed by atoms with van der Waals surface area (Å²) < 4.78 is 12.7. The zero-order valence-corrected chi connectivity index (χ0v) is 8.45. The van der Waals surface area contributed by atoms with Crippen LogP contribution in [0.25, 0.3) is 0 Å². The molecule has 0 aliphatic carbocycles. The third kappa shape index (κ3) is 2.77. The Hall–Kier alpha value is -1.91. The number of nitrogens with zero attached hydrogens (tertiary/aromatic N) is 1. The second-order valence-electron chi connectivity index (χ2n) is 3.17. The van der Waals surface area contributed by atoms with Crippen LogP contribution in [0.1, 0.15) is 10.4 Å². The van der Waals surface area contributed by atoms with E-state index < -0.39 is 5.82 Å². The molecule has 0 heterocycles. The number of aldehydes is 1. The van der Waals surface area contributed by atoms with Crippen LogP contribution in [0.15, 0.2) is 18.2 Å². The van der Waals surface area contributed by atoms with Crippen molar-refractivity contribution in [2.75, 3.05) is 19.4 Å². The van der Waals surface area contributed by atoms with Crippen LogP contribution in [0.2, 0.25) is 0 Å². The largest absolute Gasteiger partial charge is 0.331 e. The van der Waals surface area contributed by atoms with Gasteiger partial charge < -0.3 is 10.2 Å². The lowest BCUT2D eigenvalue weighted by molar-refractivity contribution is 0.112. The number of urea groups is 1. The maximum atomic E-state index is 12.7. The monoisotopic (exact) mass is 210 g/mol. The van der Waals surface area contributed by atoms with Crippen molar-refractivity contribution in [1.82, 2.24) is 4.90 Å². The van der Waals surface area contributed by atoms with Crippen LogP contribution in [-0.4, -0.2) is 31.3 Å². The molecule has 0 saturated carbocycles. The maximum Gasteiger partial charge on any atom is 0.321 e. The number of carbonyl (C=O) groups is 2. The van der Waals surface area contributed by atoms with Gasteiger partial charge in [0.05, 0.1) is 5.69 Å². The Balaban J connectivity index is 2.94. The second kappa shape index (κ2) is 4.54. The molecule has 0 aromatic heterocycles. The Kier molecular flexibility index (Phi) is 3.38. The van der Waals surface area contributed by atoms with Gasteiger partial charge in [-0.15, -0.1) is 0 Å². The number of benzene rings is 1. The highest BCUT2D eigenvalue weighted by Gasteiger charge is 2.08. The lowest BCUT2D eigenvalue weighted by Crippen LogP contribution is -2.27. The number of anilines is 1. The predicted octanol–water partition coefficient (Wildman–Crippen LogP) is 1.73. The molecule has 1 N–H and O–H groups in total. The van der Waals surface area contributed by atoms with E-state index >= 15 is 0 Å². The molecule has 2 amide bonds. The molecule has 1 aromatic rings. The van der Waals surface area contributed by atoms with Gasteiger partial charge in [0, 0.05) is 19.7 Å². The van der Waals surface area contributed by atoms with Gasteiger partial charge >= 0.3 is 6.03 Å². The zero-order valence-electron chi connectivity index (χ0n) is 8.45. The average molecular weight is 210 g/mol. The molecule has 1 rings (SSSR count). The third-order valence-electron chi connectivity index (χ3n) is 1.79. The summed E-state index contributed by atoms with van der Waals surface area (Å²) in [4.78, 5) is 23.2. The van der Waals surface area contributed by atoms with Gasteiger partial charge in [-0.05, 0) is 18.2 Å². The summed E-state index contributed by atoms with van der Waals surface area (Å²) in [6.07, 6.45) is 0.494. The Bertz CT molecular complexity index is 391. The summed E-state index contributed by atoms with van der Waals surface area (Å²) in [5.74, 6) is -0.514. The Labute approximate surface area is 86.7 Å². The molecule has 0 saturated heterocycles.